The highest BCUT2D eigenvalue weighted by molar-refractivity contribution is 5.84. The zero-order valence-corrected chi connectivity index (χ0v) is 8.45. The lowest BCUT2D eigenvalue weighted by Crippen LogP contribution is -2.50. The number of hydrogen-bond acceptors (Lipinski definition) is 2. The molecule has 0 aromatic rings. The number of ketones is 1. The third-order valence-corrected chi connectivity index (χ3v) is 3.11. The van der Waals surface area contributed by atoms with Crippen molar-refractivity contribution < 1.29 is 9.59 Å². The van der Waals surface area contributed by atoms with Crippen LogP contribution in [-0.4, -0.2) is 35.3 Å². The molecule has 2 aliphatic rings. The van der Waals surface area contributed by atoms with Gasteiger partial charge in [-0.05, 0) is 19.8 Å². The standard InChI is InChI=1S/C10H16N2O2/c1-2-11-10(14)12-7-3-4-8(12)6-9(13)5-7/h7-8H,2-6H2,1H3,(H,11,14)/t7-,8+. The van der Waals surface area contributed by atoms with Gasteiger partial charge in [-0.2, -0.15) is 0 Å². The molecule has 2 heterocycles. The molecule has 78 valence electrons. The van der Waals surface area contributed by atoms with E-state index >= 15 is 0 Å². The van der Waals surface area contributed by atoms with Gasteiger partial charge in [-0.3, -0.25) is 4.79 Å². The second kappa shape index (κ2) is 3.59. The maximum atomic E-state index is 11.7. The second-order valence-corrected chi connectivity index (χ2v) is 4.07. The third-order valence-electron chi connectivity index (χ3n) is 3.11. The highest BCUT2D eigenvalue weighted by Crippen LogP contribution is 2.33. The van der Waals surface area contributed by atoms with Crippen molar-refractivity contribution in [1.82, 2.24) is 10.2 Å². The summed E-state index contributed by atoms with van der Waals surface area (Å²) in [5.41, 5.74) is 0. The monoisotopic (exact) mass is 196 g/mol. The number of hydrogen-bond donors (Lipinski definition) is 1. The van der Waals surface area contributed by atoms with Gasteiger partial charge in [0.25, 0.3) is 0 Å². The fourth-order valence-corrected chi connectivity index (χ4v) is 2.55. The predicted molar refractivity (Wildman–Crippen MR) is 52.0 cm³/mol. The normalized spacial score (nSPS) is 30.6. The lowest BCUT2D eigenvalue weighted by molar-refractivity contribution is -0.122. The summed E-state index contributed by atoms with van der Waals surface area (Å²) in [6, 6.07) is 0.355. The molecule has 2 rings (SSSR count). The summed E-state index contributed by atoms with van der Waals surface area (Å²) >= 11 is 0. The van der Waals surface area contributed by atoms with E-state index < -0.39 is 0 Å². The van der Waals surface area contributed by atoms with Crippen LogP contribution in [0.25, 0.3) is 0 Å². The van der Waals surface area contributed by atoms with Gasteiger partial charge in [0.05, 0.1) is 0 Å². The molecule has 4 nitrogen and oxygen atoms in total. The molecule has 0 unspecified atom stereocenters. The second-order valence-electron chi connectivity index (χ2n) is 4.07. The molecule has 0 spiro atoms. The van der Waals surface area contributed by atoms with Crippen molar-refractivity contribution in [1.29, 1.82) is 0 Å². The van der Waals surface area contributed by atoms with Crippen LogP contribution in [0.3, 0.4) is 0 Å². The number of nitrogens with one attached hydrogen (secondary N) is 1. The first kappa shape index (κ1) is 9.49. The minimum atomic E-state index is 0.00694. The van der Waals surface area contributed by atoms with Crippen molar-refractivity contribution in [3.05, 3.63) is 0 Å². The molecule has 2 saturated heterocycles. The van der Waals surface area contributed by atoms with Gasteiger partial charge < -0.3 is 10.2 Å². The average molecular weight is 196 g/mol. The van der Waals surface area contributed by atoms with Crippen molar-refractivity contribution in [2.45, 2.75) is 44.7 Å². The van der Waals surface area contributed by atoms with Gasteiger partial charge in [-0.15, -0.1) is 0 Å². The molecule has 4 heteroatoms. The molecular weight excluding hydrogens is 180 g/mol. The van der Waals surface area contributed by atoms with Crippen LogP contribution in [0.2, 0.25) is 0 Å². The molecule has 2 fully saturated rings. The Bertz CT molecular complexity index is 249. The lowest BCUT2D eigenvalue weighted by Gasteiger charge is -2.33. The molecule has 14 heavy (non-hydrogen) atoms. The predicted octanol–water partition coefficient (Wildman–Crippen LogP) is 0.912. The summed E-state index contributed by atoms with van der Waals surface area (Å²) < 4.78 is 0. The molecule has 2 atom stereocenters. The molecule has 0 saturated carbocycles. The first-order valence-corrected chi connectivity index (χ1v) is 5.30. The molecule has 0 aromatic carbocycles. The first-order chi connectivity index (χ1) is 6.72. The summed E-state index contributed by atoms with van der Waals surface area (Å²) in [5, 5.41) is 2.81. The van der Waals surface area contributed by atoms with Crippen LogP contribution in [0, 0.1) is 0 Å². The number of urea groups is 1. The first-order valence-electron chi connectivity index (χ1n) is 5.30. The van der Waals surface area contributed by atoms with E-state index in [0.717, 1.165) is 12.8 Å². The minimum Gasteiger partial charge on any atom is -0.338 e. The molecular formula is C10H16N2O2. The number of Topliss-reactive ketones (excluding diaryl/α,β-unsaturated/α-hetero) is 1. The number of carbonyl (C=O) groups excluding carboxylic acids is 2. The number of fused-ring (bicyclic) bond motifs is 2. The minimum absolute atomic E-state index is 0.00694. The van der Waals surface area contributed by atoms with E-state index in [1.165, 1.54) is 0 Å². The summed E-state index contributed by atoms with van der Waals surface area (Å²) in [5.74, 6) is 0.318. The highest BCUT2D eigenvalue weighted by Gasteiger charge is 2.42. The SMILES string of the molecule is CCNC(=O)N1[C@@H]2CC[C@H]1CC(=O)C2. The van der Waals surface area contributed by atoms with Crippen LogP contribution >= 0.6 is 0 Å². The van der Waals surface area contributed by atoms with Crippen molar-refractivity contribution in [3.63, 3.8) is 0 Å². The van der Waals surface area contributed by atoms with E-state index in [4.69, 9.17) is 0 Å². The average Bonchev–Trinajstić information content (AvgIpc) is 2.39. The van der Waals surface area contributed by atoms with E-state index in [9.17, 15) is 9.59 Å². The van der Waals surface area contributed by atoms with Crippen LogP contribution in [-0.2, 0) is 4.79 Å². The maximum Gasteiger partial charge on any atom is 0.317 e. The van der Waals surface area contributed by atoms with Crippen molar-refractivity contribution >= 4 is 11.8 Å². The van der Waals surface area contributed by atoms with Gasteiger partial charge in [-0.25, -0.2) is 4.79 Å². The number of amides is 2. The Morgan fingerprint density at radius 3 is 2.50 bits per heavy atom. The van der Waals surface area contributed by atoms with Gasteiger partial charge in [0.15, 0.2) is 0 Å². The van der Waals surface area contributed by atoms with Crippen LogP contribution in [0.5, 0.6) is 0 Å². The summed E-state index contributed by atoms with van der Waals surface area (Å²) in [4.78, 5) is 24.8. The number of nitrogens with zero attached hydrogens (tertiary/aromatic N) is 1. The van der Waals surface area contributed by atoms with Crippen molar-refractivity contribution in [2.24, 2.45) is 0 Å². The lowest BCUT2D eigenvalue weighted by atomic mass is 10.0. The van der Waals surface area contributed by atoms with E-state index in [-0.39, 0.29) is 18.1 Å². The van der Waals surface area contributed by atoms with E-state index in [2.05, 4.69) is 5.32 Å². The summed E-state index contributed by atoms with van der Waals surface area (Å²) in [6.07, 6.45) is 3.11. The van der Waals surface area contributed by atoms with E-state index in [1.54, 1.807) is 0 Å². The van der Waals surface area contributed by atoms with Crippen molar-refractivity contribution in [3.8, 4) is 0 Å². The molecule has 0 radical (unpaired) electrons. The molecule has 0 aromatic heterocycles. The Hall–Kier alpha value is -1.06. The number of carbonyl (C=O) groups is 2. The van der Waals surface area contributed by atoms with Crippen LogP contribution in [0.15, 0.2) is 0 Å². The fraction of sp³-hybridized carbons (Fsp3) is 0.800. The van der Waals surface area contributed by atoms with Crippen LogP contribution in [0.4, 0.5) is 4.79 Å². The quantitative estimate of drug-likeness (QED) is 0.677. The zero-order valence-electron chi connectivity index (χ0n) is 8.45. The molecule has 2 amide bonds. The van der Waals surface area contributed by atoms with E-state index in [0.29, 0.717) is 25.2 Å². The van der Waals surface area contributed by atoms with Gasteiger partial charge in [0, 0.05) is 31.5 Å². The summed E-state index contributed by atoms with van der Waals surface area (Å²) in [7, 11) is 0. The molecule has 2 bridgehead atoms. The van der Waals surface area contributed by atoms with Gasteiger partial charge in [0.2, 0.25) is 0 Å². The number of piperidine rings is 1. The highest BCUT2D eigenvalue weighted by atomic mass is 16.2. The van der Waals surface area contributed by atoms with Crippen LogP contribution < -0.4 is 5.32 Å². The topological polar surface area (TPSA) is 49.4 Å². The van der Waals surface area contributed by atoms with E-state index in [1.807, 2.05) is 11.8 Å². The van der Waals surface area contributed by atoms with Gasteiger partial charge >= 0.3 is 6.03 Å². The van der Waals surface area contributed by atoms with Crippen LogP contribution in [0.1, 0.15) is 32.6 Å². The number of rotatable bonds is 1. The van der Waals surface area contributed by atoms with Crippen molar-refractivity contribution in [2.75, 3.05) is 6.54 Å². The van der Waals surface area contributed by atoms with Gasteiger partial charge in [-0.1, -0.05) is 0 Å². The molecule has 2 aliphatic heterocycles. The Balaban J connectivity index is 2.07. The Morgan fingerprint density at radius 2 is 2.00 bits per heavy atom. The summed E-state index contributed by atoms with van der Waals surface area (Å²) in [6.45, 7) is 2.57. The molecule has 1 N–H and O–H groups in total. The Kier molecular flexibility index (Phi) is 2.44. The smallest absolute Gasteiger partial charge is 0.317 e. The fourth-order valence-electron chi connectivity index (χ4n) is 2.55. The Morgan fingerprint density at radius 1 is 1.43 bits per heavy atom. The Labute approximate surface area is 83.6 Å². The zero-order chi connectivity index (χ0) is 10.1. The molecule has 0 aliphatic carbocycles. The van der Waals surface area contributed by atoms with Gasteiger partial charge in [0.1, 0.15) is 5.78 Å². The maximum absolute atomic E-state index is 11.7. The largest absolute Gasteiger partial charge is 0.338 e. The third kappa shape index (κ3) is 1.49.